The summed E-state index contributed by atoms with van der Waals surface area (Å²) in [5.41, 5.74) is 0.860. The lowest BCUT2D eigenvalue weighted by Gasteiger charge is -2.14. The molecule has 14 heavy (non-hydrogen) atoms. The van der Waals surface area contributed by atoms with E-state index < -0.39 is 0 Å². The van der Waals surface area contributed by atoms with E-state index in [0.717, 1.165) is 18.5 Å². The minimum Gasteiger partial charge on any atom is -0.392 e. The van der Waals surface area contributed by atoms with Gasteiger partial charge in [-0.3, -0.25) is 9.88 Å². The fourth-order valence-electron chi connectivity index (χ4n) is 1.76. The van der Waals surface area contributed by atoms with Gasteiger partial charge in [-0.25, -0.2) is 4.39 Å². The van der Waals surface area contributed by atoms with Gasteiger partial charge in [-0.2, -0.15) is 0 Å². The third-order valence-electron chi connectivity index (χ3n) is 2.42. The largest absolute Gasteiger partial charge is 0.392 e. The van der Waals surface area contributed by atoms with Crippen molar-refractivity contribution in [1.82, 2.24) is 9.88 Å². The molecule has 0 radical (unpaired) electrons. The van der Waals surface area contributed by atoms with Crippen molar-refractivity contribution >= 4 is 0 Å². The van der Waals surface area contributed by atoms with Crippen LogP contribution in [0, 0.1) is 5.82 Å². The second kappa shape index (κ2) is 4.02. The maximum atomic E-state index is 12.8. The third-order valence-corrected chi connectivity index (χ3v) is 2.42. The highest BCUT2D eigenvalue weighted by Crippen LogP contribution is 2.12. The highest BCUT2D eigenvalue weighted by Gasteiger charge is 2.19. The normalized spacial score (nSPS) is 22.9. The Morgan fingerprint density at radius 2 is 2.43 bits per heavy atom. The zero-order chi connectivity index (χ0) is 9.97. The van der Waals surface area contributed by atoms with Gasteiger partial charge in [0.25, 0.3) is 0 Å². The number of nitrogens with zero attached hydrogens (tertiary/aromatic N) is 2. The first-order valence-corrected chi connectivity index (χ1v) is 4.74. The van der Waals surface area contributed by atoms with Gasteiger partial charge in [0, 0.05) is 25.8 Å². The van der Waals surface area contributed by atoms with Crippen molar-refractivity contribution < 1.29 is 9.50 Å². The summed E-state index contributed by atoms with van der Waals surface area (Å²) >= 11 is 0. The number of aromatic nitrogens is 1. The van der Waals surface area contributed by atoms with Crippen LogP contribution in [-0.4, -0.2) is 34.2 Å². The number of likely N-dealkylation sites (tertiary alicyclic amines) is 1. The number of halogens is 1. The second-order valence-electron chi connectivity index (χ2n) is 3.69. The molecule has 0 amide bonds. The topological polar surface area (TPSA) is 36.4 Å². The maximum Gasteiger partial charge on any atom is 0.141 e. The number of aliphatic hydroxyl groups is 1. The van der Waals surface area contributed by atoms with Crippen molar-refractivity contribution in [3.8, 4) is 0 Å². The van der Waals surface area contributed by atoms with Gasteiger partial charge >= 0.3 is 0 Å². The van der Waals surface area contributed by atoms with E-state index >= 15 is 0 Å². The Morgan fingerprint density at radius 3 is 3.07 bits per heavy atom. The molecule has 1 saturated heterocycles. The standard InChI is InChI=1S/C10H13FN2O/c11-9-3-8(4-12-5-9)6-13-2-1-10(14)7-13/h3-5,10,14H,1-2,6-7H2/t10-/m1/s1. The minimum atomic E-state index is -0.303. The number of hydrogen-bond donors (Lipinski definition) is 1. The van der Waals surface area contributed by atoms with Crippen molar-refractivity contribution in [3.63, 3.8) is 0 Å². The monoisotopic (exact) mass is 196 g/mol. The van der Waals surface area contributed by atoms with Gasteiger partial charge in [0.1, 0.15) is 5.82 Å². The molecule has 1 N–H and O–H groups in total. The van der Waals surface area contributed by atoms with E-state index in [1.54, 1.807) is 6.20 Å². The molecule has 0 unspecified atom stereocenters. The quantitative estimate of drug-likeness (QED) is 0.759. The van der Waals surface area contributed by atoms with E-state index in [1.165, 1.54) is 12.3 Å². The van der Waals surface area contributed by atoms with Crippen molar-refractivity contribution in [2.45, 2.75) is 19.1 Å². The van der Waals surface area contributed by atoms with E-state index in [1.807, 2.05) is 0 Å². The van der Waals surface area contributed by atoms with Crippen LogP contribution in [0.25, 0.3) is 0 Å². The Morgan fingerprint density at radius 1 is 1.57 bits per heavy atom. The van der Waals surface area contributed by atoms with Crippen LogP contribution in [0.5, 0.6) is 0 Å². The molecule has 1 atom stereocenters. The minimum absolute atomic E-state index is 0.225. The Kier molecular flexibility index (Phi) is 2.74. The number of aliphatic hydroxyl groups excluding tert-OH is 1. The number of pyridine rings is 1. The summed E-state index contributed by atoms with van der Waals surface area (Å²) in [4.78, 5) is 5.88. The summed E-state index contributed by atoms with van der Waals surface area (Å²) in [6.07, 6.45) is 3.44. The molecule has 3 nitrogen and oxygen atoms in total. The summed E-state index contributed by atoms with van der Waals surface area (Å²) in [6.45, 7) is 2.22. The van der Waals surface area contributed by atoms with Crippen molar-refractivity contribution in [1.29, 1.82) is 0 Å². The molecule has 76 valence electrons. The number of hydrogen-bond acceptors (Lipinski definition) is 3. The van der Waals surface area contributed by atoms with Gasteiger partial charge in [0.2, 0.25) is 0 Å². The molecule has 0 spiro atoms. The molecule has 1 aliphatic rings. The fraction of sp³-hybridized carbons (Fsp3) is 0.500. The van der Waals surface area contributed by atoms with Gasteiger partial charge in [-0.15, -0.1) is 0 Å². The lowest BCUT2D eigenvalue weighted by Crippen LogP contribution is -2.21. The van der Waals surface area contributed by atoms with E-state index in [2.05, 4.69) is 9.88 Å². The molecule has 0 aliphatic carbocycles. The third kappa shape index (κ3) is 2.27. The Bertz CT molecular complexity index is 319. The SMILES string of the molecule is O[C@@H]1CCN(Cc2cncc(F)c2)C1. The molecular formula is C10H13FN2O. The Balaban J connectivity index is 1.97. The van der Waals surface area contributed by atoms with E-state index in [4.69, 9.17) is 0 Å². The van der Waals surface area contributed by atoms with Crippen molar-refractivity contribution in [2.24, 2.45) is 0 Å². The van der Waals surface area contributed by atoms with Crippen LogP contribution in [-0.2, 0) is 6.54 Å². The van der Waals surface area contributed by atoms with E-state index in [9.17, 15) is 9.50 Å². The van der Waals surface area contributed by atoms with Gasteiger partial charge in [-0.1, -0.05) is 0 Å². The molecule has 1 fully saturated rings. The number of β-amino-alcohol motifs (C(OH)–C–C–N with tert-alkyl or cyclic N) is 1. The summed E-state index contributed by atoms with van der Waals surface area (Å²) in [5.74, 6) is -0.303. The summed E-state index contributed by atoms with van der Waals surface area (Å²) in [6, 6.07) is 1.48. The average Bonchev–Trinajstić information content (AvgIpc) is 2.51. The van der Waals surface area contributed by atoms with E-state index in [0.29, 0.717) is 13.1 Å². The van der Waals surface area contributed by atoms with Gasteiger partial charge in [0.05, 0.1) is 12.3 Å². The fourth-order valence-corrected chi connectivity index (χ4v) is 1.76. The van der Waals surface area contributed by atoms with Crippen LogP contribution >= 0.6 is 0 Å². The smallest absolute Gasteiger partial charge is 0.141 e. The molecule has 1 aromatic rings. The molecule has 0 bridgehead atoms. The Labute approximate surface area is 82.2 Å². The zero-order valence-electron chi connectivity index (χ0n) is 7.86. The summed E-state index contributed by atoms with van der Waals surface area (Å²) < 4.78 is 12.8. The highest BCUT2D eigenvalue weighted by molar-refractivity contribution is 5.10. The van der Waals surface area contributed by atoms with Crippen molar-refractivity contribution in [2.75, 3.05) is 13.1 Å². The van der Waals surface area contributed by atoms with Crippen molar-refractivity contribution in [3.05, 3.63) is 29.8 Å². The van der Waals surface area contributed by atoms with Gasteiger partial charge in [-0.05, 0) is 18.1 Å². The molecule has 4 heteroatoms. The molecule has 0 aromatic carbocycles. The second-order valence-corrected chi connectivity index (χ2v) is 3.69. The molecule has 0 saturated carbocycles. The first kappa shape index (κ1) is 9.55. The summed E-state index contributed by atoms with van der Waals surface area (Å²) in [7, 11) is 0. The predicted octanol–water partition coefficient (Wildman–Crippen LogP) is 0.787. The zero-order valence-corrected chi connectivity index (χ0v) is 7.86. The van der Waals surface area contributed by atoms with Crippen LogP contribution < -0.4 is 0 Å². The van der Waals surface area contributed by atoms with Crippen LogP contribution in [0.1, 0.15) is 12.0 Å². The number of rotatable bonds is 2. The van der Waals surface area contributed by atoms with Crippen LogP contribution in [0.2, 0.25) is 0 Å². The maximum absolute atomic E-state index is 12.8. The van der Waals surface area contributed by atoms with Crippen LogP contribution in [0.3, 0.4) is 0 Å². The van der Waals surface area contributed by atoms with E-state index in [-0.39, 0.29) is 11.9 Å². The molecule has 2 rings (SSSR count). The van der Waals surface area contributed by atoms with Gasteiger partial charge < -0.3 is 5.11 Å². The highest BCUT2D eigenvalue weighted by atomic mass is 19.1. The first-order chi connectivity index (χ1) is 6.74. The van der Waals surface area contributed by atoms with Crippen LogP contribution in [0.15, 0.2) is 18.5 Å². The Hall–Kier alpha value is -1.00. The molecule has 1 aliphatic heterocycles. The molecular weight excluding hydrogens is 183 g/mol. The molecule has 1 aromatic heterocycles. The summed E-state index contributed by atoms with van der Waals surface area (Å²) in [5, 5.41) is 9.30. The lowest BCUT2D eigenvalue weighted by atomic mass is 10.2. The van der Waals surface area contributed by atoms with Gasteiger partial charge in [0.15, 0.2) is 0 Å². The molecule has 2 heterocycles. The first-order valence-electron chi connectivity index (χ1n) is 4.74. The lowest BCUT2D eigenvalue weighted by molar-refractivity contribution is 0.174. The van der Waals surface area contributed by atoms with Crippen LogP contribution in [0.4, 0.5) is 4.39 Å². The average molecular weight is 196 g/mol. The predicted molar refractivity (Wildman–Crippen MR) is 50.1 cm³/mol.